The van der Waals surface area contributed by atoms with E-state index in [1.807, 2.05) is 12.1 Å². The number of esters is 1. The summed E-state index contributed by atoms with van der Waals surface area (Å²) in [5, 5.41) is 10.9. The number of nitro groups is 1. The molecule has 1 aliphatic heterocycles. The fourth-order valence-corrected chi connectivity index (χ4v) is 6.42. The summed E-state index contributed by atoms with van der Waals surface area (Å²) in [7, 11) is 3.05. The average Bonchev–Trinajstić information content (AvgIpc) is 3.32. The van der Waals surface area contributed by atoms with Gasteiger partial charge in [-0.25, -0.2) is 9.79 Å². The fraction of sp³-hybridized carbons (Fsp3) is 0.242. The van der Waals surface area contributed by atoms with Crippen LogP contribution in [0.4, 0.5) is 5.69 Å². The van der Waals surface area contributed by atoms with E-state index in [0.717, 1.165) is 10.0 Å². The van der Waals surface area contributed by atoms with Crippen molar-refractivity contribution in [3.05, 3.63) is 123 Å². The molecular weight excluding hydrogens is 678 g/mol. The molecule has 238 valence electrons. The van der Waals surface area contributed by atoms with Gasteiger partial charge in [-0.1, -0.05) is 33.3 Å². The number of allylic oxidation sites excluding steroid dienone is 1. The van der Waals surface area contributed by atoms with Crippen LogP contribution in [0, 0.1) is 10.1 Å². The minimum atomic E-state index is -0.846. The summed E-state index contributed by atoms with van der Waals surface area (Å²) in [5.74, 6) is 0.841. The summed E-state index contributed by atoms with van der Waals surface area (Å²) >= 11 is 4.72. The number of thiazole rings is 1. The SMILES string of the molecule is COc1cc(/C=c2\sc3n(c2=O)[C@H](c2cc(Br)ccc2OC)C(C(=O)OC(C)C)=C(C)N=3)ccc1OCc1ccc([N+](=O)[O-])cc1. The van der Waals surface area contributed by atoms with Crippen LogP contribution in [0.1, 0.15) is 43.5 Å². The van der Waals surface area contributed by atoms with Crippen molar-refractivity contribution in [3.63, 3.8) is 0 Å². The van der Waals surface area contributed by atoms with Gasteiger partial charge in [0.05, 0.1) is 41.0 Å². The lowest BCUT2D eigenvalue weighted by Crippen LogP contribution is -2.40. The van der Waals surface area contributed by atoms with E-state index in [4.69, 9.17) is 18.9 Å². The van der Waals surface area contributed by atoms with E-state index in [2.05, 4.69) is 20.9 Å². The second kappa shape index (κ2) is 13.7. The number of fused-ring (bicyclic) bond motifs is 1. The van der Waals surface area contributed by atoms with Gasteiger partial charge < -0.3 is 18.9 Å². The molecule has 13 heteroatoms. The van der Waals surface area contributed by atoms with Crippen LogP contribution < -0.4 is 29.1 Å². The lowest BCUT2D eigenvalue weighted by atomic mass is 9.95. The van der Waals surface area contributed by atoms with Crippen LogP contribution in [-0.4, -0.2) is 35.8 Å². The standard InChI is InChI=1S/C33H30BrN3O8S/c1-18(2)45-32(39)29-19(3)35-33-36(30(29)24-16-22(34)9-13-25(24)42-4)31(38)28(46-33)15-21-8-12-26(27(14-21)43-5)44-17-20-6-10-23(11-7-20)37(40)41/h6-16,18,30H,17H2,1-5H3/b28-15-/t30-/m1/s1. The first-order valence-electron chi connectivity index (χ1n) is 14.1. The Morgan fingerprint density at radius 3 is 2.41 bits per heavy atom. The first-order valence-corrected chi connectivity index (χ1v) is 15.7. The van der Waals surface area contributed by atoms with Crippen LogP contribution in [-0.2, 0) is 16.1 Å². The van der Waals surface area contributed by atoms with E-state index < -0.39 is 16.9 Å². The number of carbonyl (C=O) groups excluding carboxylic acids is 1. The Balaban J connectivity index is 1.54. The summed E-state index contributed by atoms with van der Waals surface area (Å²) < 4.78 is 25.4. The topological polar surface area (TPSA) is 131 Å². The molecule has 1 aliphatic rings. The molecule has 0 aliphatic carbocycles. The number of carbonyl (C=O) groups is 1. The smallest absolute Gasteiger partial charge is 0.338 e. The Morgan fingerprint density at radius 1 is 1.07 bits per heavy atom. The highest BCUT2D eigenvalue weighted by Gasteiger charge is 2.35. The third-order valence-corrected chi connectivity index (χ3v) is 8.57. The highest BCUT2D eigenvalue weighted by atomic mass is 79.9. The van der Waals surface area contributed by atoms with Gasteiger partial charge >= 0.3 is 5.97 Å². The third-order valence-electron chi connectivity index (χ3n) is 7.10. The molecule has 46 heavy (non-hydrogen) atoms. The summed E-state index contributed by atoms with van der Waals surface area (Å²) in [6.45, 7) is 5.42. The maximum absolute atomic E-state index is 14.1. The van der Waals surface area contributed by atoms with Crippen molar-refractivity contribution in [1.82, 2.24) is 4.57 Å². The number of rotatable bonds is 10. The van der Waals surface area contributed by atoms with E-state index in [-0.39, 0.29) is 29.5 Å². The summed E-state index contributed by atoms with van der Waals surface area (Å²) in [5.41, 5.74) is 2.39. The Hall–Kier alpha value is -4.75. The molecule has 3 aromatic carbocycles. The summed E-state index contributed by atoms with van der Waals surface area (Å²) in [6, 6.07) is 15.9. The van der Waals surface area contributed by atoms with E-state index in [0.29, 0.717) is 43.4 Å². The molecule has 0 N–H and O–H groups in total. The minimum absolute atomic E-state index is 0.0000591. The van der Waals surface area contributed by atoms with E-state index in [1.54, 1.807) is 63.2 Å². The van der Waals surface area contributed by atoms with Crippen molar-refractivity contribution in [1.29, 1.82) is 0 Å². The lowest BCUT2D eigenvalue weighted by Gasteiger charge is -2.26. The zero-order valence-electron chi connectivity index (χ0n) is 25.6. The summed E-state index contributed by atoms with van der Waals surface area (Å²) in [6.07, 6.45) is 1.35. The van der Waals surface area contributed by atoms with E-state index >= 15 is 0 Å². The van der Waals surface area contributed by atoms with Crippen molar-refractivity contribution in [2.24, 2.45) is 4.99 Å². The van der Waals surface area contributed by atoms with Crippen molar-refractivity contribution in [2.75, 3.05) is 14.2 Å². The third kappa shape index (κ3) is 6.75. The first-order chi connectivity index (χ1) is 22.0. The van der Waals surface area contributed by atoms with Gasteiger partial charge in [-0.2, -0.15) is 0 Å². The van der Waals surface area contributed by atoms with Crippen LogP contribution in [0.25, 0.3) is 6.08 Å². The predicted molar refractivity (Wildman–Crippen MR) is 176 cm³/mol. The molecule has 1 aromatic heterocycles. The molecule has 0 fully saturated rings. The molecule has 0 radical (unpaired) electrons. The number of ether oxygens (including phenoxy) is 4. The molecule has 0 bridgehead atoms. The number of hydrogen-bond donors (Lipinski definition) is 0. The van der Waals surface area contributed by atoms with Crippen LogP contribution in [0.3, 0.4) is 0 Å². The van der Waals surface area contributed by atoms with Gasteiger partial charge in [0.2, 0.25) is 0 Å². The number of halogens is 1. The predicted octanol–water partition coefficient (Wildman–Crippen LogP) is 5.45. The number of aromatic nitrogens is 1. The fourth-order valence-electron chi connectivity index (χ4n) is 4.99. The Morgan fingerprint density at radius 2 is 1.76 bits per heavy atom. The molecule has 1 atom stereocenters. The minimum Gasteiger partial charge on any atom is -0.496 e. The van der Waals surface area contributed by atoms with Crippen LogP contribution in [0.15, 0.2) is 86.2 Å². The zero-order valence-corrected chi connectivity index (χ0v) is 28.0. The molecule has 11 nitrogen and oxygen atoms in total. The Labute approximate surface area is 276 Å². The van der Waals surface area contributed by atoms with Gasteiger partial charge in [0, 0.05) is 22.2 Å². The van der Waals surface area contributed by atoms with Crippen LogP contribution >= 0.6 is 27.3 Å². The van der Waals surface area contributed by atoms with Gasteiger partial charge in [0.15, 0.2) is 16.3 Å². The number of nitro benzene ring substituents is 1. The lowest BCUT2D eigenvalue weighted by molar-refractivity contribution is -0.384. The normalized spacial score (nSPS) is 14.5. The molecule has 0 unspecified atom stereocenters. The molecule has 0 spiro atoms. The number of benzene rings is 3. The van der Waals surface area contributed by atoms with Crippen molar-refractivity contribution in [2.45, 2.75) is 39.5 Å². The van der Waals surface area contributed by atoms with Crippen molar-refractivity contribution in [3.8, 4) is 17.2 Å². The van der Waals surface area contributed by atoms with Crippen molar-refractivity contribution < 1.29 is 28.7 Å². The second-order valence-corrected chi connectivity index (χ2v) is 12.5. The second-order valence-electron chi connectivity index (χ2n) is 10.5. The number of hydrogen-bond acceptors (Lipinski definition) is 10. The van der Waals surface area contributed by atoms with Crippen molar-refractivity contribution >= 4 is 45.0 Å². The zero-order chi connectivity index (χ0) is 33.1. The molecule has 5 rings (SSSR count). The van der Waals surface area contributed by atoms with E-state index in [9.17, 15) is 19.7 Å². The Bertz CT molecular complexity index is 2030. The number of non-ortho nitro benzene ring substituents is 1. The maximum Gasteiger partial charge on any atom is 0.338 e. The Kier molecular flexibility index (Phi) is 9.73. The molecule has 2 heterocycles. The van der Waals surface area contributed by atoms with Gasteiger partial charge in [-0.05, 0) is 80.4 Å². The average molecular weight is 709 g/mol. The van der Waals surface area contributed by atoms with Crippen LogP contribution in [0.2, 0.25) is 0 Å². The number of nitrogens with zero attached hydrogens (tertiary/aromatic N) is 3. The highest BCUT2D eigenvalue weighted by molar-refractivity contribution is 9.10. The molecule has 0 saturated carbocycles. The van der Waals surface area contributed by atoms with Gasteiger partial charge in [0.1, 0.15) is 18.4 Å². The summed E-state index contributed by atoms with van der Waals surface area (Å²) in [4.78, 5) is 43.1. The molecule has 0 amide bonds. The molecular formula is C33H30BrN3O8S. The largest absolute Gasteiger partial charge is 0.496 e. The number of methoxy groups -OCH3 is 2. The van der Waals surface area contributed by atoms with Gasteiger partial charge in [0.25, 0.3) is 11.2 Å². The quantitative estimate of drug-likeness (QED) is 0.121. The van der Waals surface area contributed by atoms with Crippen LogP contribution in [0.5, 0.6) is 17.2 Å². The van der Waals surface area contributed by atoms with Gasteiger partial charge in [-0.3, -0.25) is 19.5 Å². The highest BCUT2D eigenvalue weighted by Crippen LogP contribution is 2.37. The van der Waals surface area contributed by atoms with Gasteiger partial charge in [-0.15, -0.1) is 0 Å². The van der Waals surface area contributed by atoms with E-state index in [1.165, 1.54) is 42.3 Å². The molecule has 0 saturated heterocycles. The first kappa shape index (κ1) is 32.6. The maximum atomic E-state index is 14.1. The monoisotopic (exact) mass is 707 g/mol. The molecule has 4 aromatic rings.